The first-order valence-electron chi connectivity index (χ1n) is 6.53. The lowest BCUT2D eigenvalue weighted by molar-refractivity contribution is -0.501. The molecule has 0 bridgehead atoms. The molecule has 0 aromatic rings. The Morgan fingerprint density at radius 3 is 2.44 bits per heavy atom. The van der Waals surface area contributed by atoms with Gasteiger partial charge < -0.3 is 4.90 Å². The average Bonchev–Trinajstić information content (AvgIpc) is 2.90. The number of likely N-dealkylation sites (tertiary alicyclic amines) is 1. The molecule has 0 spiro atoms. The molecule has 2 heterocycles. The van der Waals surface area contributed by atoms with Crippen molar-refractivity contribution in [2.75, 3.05) is 26.2 Å². The predicted octanol–water partition coefficient (Wildman–Crippen LogP) is 2.42. The lowest BCUT2D eigenvalue weighted by atomic mass is 10.3. The van der Waals surface area contributed by atoms with Crippen LogP contribution in [-0.4, -0.2) is 41.9 Å². The number of rotatable bonds is 3. The molecule has 0 aliphatic carbocycles. The summed E-state index contributed by atoms with van der Waals surface area (Å²) in [7, 11) is 0. The van der Waals surface area contributed by atoms with Crippen molar-refractivity contribution in [1.29, 1.82) is 0 Å². The molecule has 0 unspecified atom stereocenters. The van der Waals surface area contributed by atoms with Crippen LogP contribution in [0.1, 0.15) is 32.6 Å². The van der Waals surface area contributed by atoms with Crippen LogP contribution in [0.3, 0.4) is 0 Å². The van der Waals surface area contributed by atoms with Gasteiger partial charge >= 0.3 is 0 Å². The molecule has 2 fully saturated rings. The Morgan fingerprint density at radius 2 is 1.75 bits per heavy atom. The third-order valence-corrected chi connectivity index (χ3v) is 3.32. The van der Waals surface area contributed by atoms with E-state index in [0.717, 1.165) is 0 Å². The monoisotopic (exact) mass is 219 g/mol. The van der Waals surface area contributed by atoms with Gasteiger partial charge in [0.25, 0.3) is 0 Å². The van der Waals surface area contributed by atoms with Crippen LogP contribution in [0.2, 0.25) is 0 Å². The maximum Gasteiger partial charge on any atom is 0.166 e. The van der Waals surface area contributed by atoms with Crippen LogP contribution in [0.15, 0.2) is 23.9 Å². The highest BCUT2D eigenvalue weighted by Gasteiger charge is 2.11. The van der Waals surface area contributed by atoms with Crippen LogP contribution in [0, 0.1) is 0 Å². The minimum atomic E-state index is 1.24. The lowest BCUT2D eigenvalue weighted by Gasteiger charge is -2.08. The van der Waals surface area contributed by atoms with Crippen LogP contribution < -0.4 is 0 Å². The van der Waals surface area contributed by atoms with Crippen LogP contribution in [0.5, 0.6) is 0 Å². The molecule has 2 nitrogen and oxygen atoms in total. The molecule has 0 amide bonds. The van der Waals surface area contributed by atoms with Crippen LogP contribution in [0.25, 0.3) is 0 Å². The lowest BCUT2D eigenvalue weighted by Crippen LogP contribution is -2.10. The molecule has 0 atom stereocenters. The van der Waals surface area contributed by atoms with Crippen molar-refractivity contribution < 1.29 is 4.58 Å². The SMILES string of the molecule is CC(=CC=CN1CCCC1)C=[N+]1CCCC1. The van der Waals surface area contributed by atoms with Gasteiger partial charge in [0.2, 0.25) is 0 Å². The van der Waals surface area contributed by atoms with Gasteiger partial charge in [0.15, 0.2) is 6.21 Å². The van der Waals surface area contributed by atoms with Gasteiger partial charge in [-0.15, -0.1) is 0 Å². The van der Waals surface area contributed by atoms with Gasteiger partial charge in [0.05, 0.1) is 0 Å². The summed E-state index contributed by atoms with van der Waals surface area (Å²) in [6.45, 7) is 7.13. The van der Waals surface area contributed by atoms with Crippen LogP contribution in [-0.2, 0) is 0 Å². The normalized spacial score (nSPS) is 22.4. The minimum absolute atomic E-state index is 1.24. The van der Waals surface area contributed by atoms with Gasteiger partial charge in [-0.05, 0) is 32.0 Å². The number of nitrogens with zero attached hydrogens (tertiary/aromatic N) is 2. The van der Waals surface area contributed by atoms with Crippen molar-refractivity contribution in [1.82, 2.24) is 4.90 Å². The average molecular weight is 219 g/mol. The smallest absolute Gasteiger partial charge is 0.166 e. The Hall–Kier alpha value is -1.05. The number of hydrogen-bond acceptors (Lipinski definition) is 1. The fourth-order valence-electron chi connectivity index (χ4n) is 2.41. The van der Waals surface area contributed by atoms with Crippen molar-refractivity contribution in [2.45, 2.75) is 32.6 Å². The topological polar surface area (TPSA) is 6.25 Å². The summed E-state index contributed by atoms with van der Waals surface area (Å²) < 4.78 is 2.43. The maximum atomic E-state index is 2.43. The van der Waals surface area contributed by atoms with Crippen molar-refractivity contribution in [3.05, 3.63) is 23.9 Å². The fourth-order valence-corrected chi connectivity index (χ4v) is 2.41. The molecule has 0 N–H and O–H groups in total. The Labute approximate surface area is 99.0 Å². The summed E-state index contributed by atoms with van der Waals surface area (Å²) in [4.78, 5) is 2.40. The summed E-state index contributed by atoms with van der Waals surface area (Å²) >= 11 is 0. The van der Waals surface area contributed by atoms with E-state index in [1.165, 1.54) is 57.4 Å². The van der Waals surface area contributed by atoms with Crippen LogP contribution in [0.4, 0.5) is 0 Å². The molecule has 0 radical (unpaired) electrons. The Morgan fingerprint density at radius 1 is 1.06 bits per heavy atom. The molecule has 2 aliphatic heterocycles. The third-order valence-electron chi connectivity index (χ3n) is 3.32. The largest absolute Gasteiger partial charge is 0.377 e. The Kier molecular flexibility index (Phi) is 4.20. The predicted molar refractivity (Wildman–Crippen MR) is 69.0 cm³/mol. The van der Waals surface area contributed by atoms with Gasteiger partial charge in [0.1, 0.15) is 13.1 Å². The van der Waals surface area contributed by atoms with Crippen molar-refractivity contribution in [3.63, 3.8) is 0 Å². The zero-order valence-electron chi connectivity index (χ0n) is 10.4. The summed E-state index contributed by atoms with van der Waals surface area (Å²) in [5.74, 6) is 0. The highest BCUT2D eigenvalue weighted by molar-refractivity contribution is 5.73. The maximum absolute atomic E-state index is 2.43. The fraction of sp³-hybridized carbons (Fsp3) is 0.643. The van der Waals surface area contributed by atoms with Gasteiger partial charge in [-0.3, -0.25) is 0 Å². The molecule has 2 aliphatic rings. The summed E-state index contributed by atoms with van der Waals surface area (Å²) in [6.07, 6.45) is 14.3. The van der Waals surface area contributed by atoms with E-state index in [0.29, 0.717) is 0 Å². The van der Waals surface area contributed by atoms with Crippen molar-refractivity contribution in [3.8, 4) is 0 Å². The van der Waals surface area contributed by atoms with Gasteiger partial charge in [-0.2, -0.15) is 0 Å². The van der Waals surface area contributed by atoms with E-state index in [-0.39, 0.29) is 0 Å². The van der Waals surface area contributed by atoms with Gasteiger partial charge in [0, 0.05) is 31.5 Å². The Bertz CT molecular complexity index is 299. The molecule has 16 heavy (non-hydrogen) atoms. The van der Waals surface area contributed by atoms with Gasteiger partial charge in [-0.1, -0.05) is 6.08 Å². The van der Waals surface area contributed by atoms with Crippen molar-refractivity contribution >= 4 is 6.21 Å². The highest BCUT2D eigenvalue weighted by Crippen LogP contribution is 2.07. The molecule has 2 rings (SSSR count). The summed E-state index contributed by atoms with van der Waals surface area (Å²) in [5, 5.41) is 0. The molecule has 0 aromatic carbocycles. The number of hydrogen-bond donors (Lipinski definition) is 0. The molecule has 88 valence electrons. The summed E-state index contributed by atoms with van der Waals surface area (Å²) in [5.41, 5.74) is 1.36. The molecular formula is C14H23N2+. The van der Waals surface area contributed by atoms with Crippen LogP contribution >= 0.6 is 0 Å². The third kappa shape index (κ3) is 3.51. The molecule has 0 saturated carbocycles. The van der Waals surface area contributed by atoms with E-state index in [1.54, 1.807) is 0 Å². The molecular weight excluding hydrogens is 196 g/mol. The summed E-state index contributed by atoms with van der Waals surface area (Å²) in [6, 6.07) is 0. The van der Waals surface area contributed by atoms with E-state index in [9.17, 15) is 0 Å². The quantitative estimate of drug-likeness (QED) is 0.522. The second-order valence-corrected chi connectivity index (χ2v) is 4.87. The van der Waals surface area contributed by atoms with E-state index in [4.69, 9.17) is 0 Å². The van der Waals surface area contributed by atoms with E-state index in [2.05, 4.69) is 41.0 Å². The molecule has 0 aromatic heterocycles. The van der Waals surface area contributed by atoms with E-state index in [1.807, 2.05) is 0 Å². The second kappa shape index (κ2) is 5.88. The first-order chi connectivity index (χ1) is 7.84. The highest BCUT2D eigenvalue weighted by atomic mass is 15.1. The standard InChI is InChI=1S/C14H23N2/c1-14(13-16-10-4-5-11-16)7-6-12-15-8-2-3-9-15/h6-7,12-13H,2-5,8-11H2,1H3/q+1. The first kappa shape index (κ1) is 11.4. The van der Waals surface area contributed by atoms with E-state index >= 15 is 0 Å². The van der Waals surface area contributed by atoms with E-state index < -0.39 is 0 Å². The minimum Gasteiger partial charge on any atom is -0.377 e. The second-order valence-electron chi connectivity index (χ2n) is 4.87. The Balaban J connectivity index is 1.83. The zero-order valence-corrected chi connectivity index (χ0v) is 10.4. The first-order valence-corrected chi connectivity index (χ1v) is 6.53. The molecule has 2 saturated heterocycles. The zero-order chi connectivity index (χ0) is 11.2. The molecule has 2 heteroatoms. The van der Waals surface area contributed by atoms with Gasteiger partial charge in [-0.25, -0.2) is 4.58 Å². The number of allylic oxidation sites excluding steroid dienone is 3. The van der Waals surface area contributed by atoms with Crippen molar-refractivity contribution in [2.24, 2.45) is 0 Å².